The molecule has 0 spiro atoms. The summed E-state index contributed by atoms with van der Waals surface area (Å²) in [5, 5.41) is 0. The molecular weight excluding hydrogens is 301 g/mol. The van der Waals surface area contributed by atoms with Gasteiger partial charge < -0.3 is 0 Å². The molecule has 4 rings (SSSR count). The van der Waals surface area contributed by atoms with Crippen LogP contribution in [0.2, 0.25) is 0 Å². The summed E-state index contributed by atoms with van der Waals surface area (Å²) >= 11 is 0. The molecule has 19 heavy (non-hydrogen) atoms. The molecule has 0 amide bonds. The lowest BCUT2D eigenvalue weighted by atomic mass is 9.34. The number of benzene rings is 1. The van der Waals surface area contributed by atoms with Crippen molar-refractivity contribution >= 4 is 19.7 Å². The van der Waals surface area contributed by atoms with Crippen molar-refractivity contribution in [1.82, 2.24) is 0 Å². The van der Waals surface area contributed by atoms with Crippen LogP contribution in [0.5, 0.6) is 0 Å². The molecule has 1 aromatic carbocycles. The Hall–Kier alpha value is -0.750. The fourth-order valence-electron chi connectivity index (χ4n) is 3.68. The van der Waals surface area contributed by atoms with E-state index in [-0.39, 0.29) is 11.2 Å². The van der Waals surface area contributed by atoms with E-state index in [0.29, 0.717) is 24.8 Å². The second-order valence-electron chi connectivity index (χ2n) is 5.75. The summed E-state index contributed by atoms with van der Waals surface area (Å²) in [5.41, 5.74) is -0.364. The van der Waals surface area contributed by atoms with Crippen molar-refractivity contribution in [1.29, 1.82) is 0 Å². The van der Waals surface area contributed by atoms with Crippen molar-refractivity contribution in [2.45, 2.75) is 24.7 Å². The largest absolute Gasteiger partial charge is 0.233 e. The van der Waals surface area contributed by atoms with Gasteiger partial charge in [-0.25, -0.2) is 21.6 Å². The van der Waals surface area contributed by atoms with Gasteiger partial charge in [-0.1, -0.05) is 0 Å². The van der Waals surface area contributed by atoms with Gasteiger partial charge in [0.2, 0.25) is 9.05 Å². The standard InChI is InChI=1S/C12H10ClF3O2S/c13-19(17,18)6-11-3-12(4-11,5-11)7-1-8(14)10(16)9(15)2-7/h1-2H,3-6H2. The molecule has 2 nitrogen and oxygen atoms in total. The van der Waals surface area contributed by atoms with Crippen LogP contribution in [0, 0.1) is 22.9 Å². The van der Waals surface area contributed by atoms with E-state index < -0.39 is 31.9 Å². The first-order chi connectivity index (χ1) is 8.65. The third-order valence-electron chi connectivity index (χ3n) is 4.21. The Kier molecular flexibility index (Phi) is 2.56. The molecule has 0 heterocycles. The molecule has 0 radical (unpaired) electrons. The van der Waals surface area contributed by atoms with E-state index in [1.165, 1.54) is 0 Å². The van der Waals surface area contributed by atoms with Crippen LogP contribution >= 0.6 is 10.7 Å². The lowest BCUT2D eigenvalue weighted by Gasteiger charge is -2.71. The third-order valence-corrected chi connectivity index (χ3v) is 5.50. The van der Waals surface area contributed by atoms with E-state index in [2.05, 4.69) is 0 Å². The van der Waals surface area contributed by atoms with Crippen LogP contribution in [0.1, 0.15) is 24.8 Å². The maximum Gasteiger partial charge on any atom is 0.233 e. The SMILES string of the molecule is O=S(=O)(Cl)CC12CC(c3cc(F)c(F)c(F)c3)(C1)C2. The molecule has 3 aliphatic carbocycles. The molecular formula is C12H10ClF3O2S. The minimum Gasteiger partial charge on any atom is -0.212 e. The van der Waals surface area contributed by atoms with Gasteiger partial charge in [0.05, 0.1) is 5.75 Å². The molecule has 0 atom stereocenters. The molecule has 0 N–H and O–H groups in total. The molecule has 104 valence electrons. The van der Waals surface area contributed by atoms with E-state index in [9.17, 15) is 21.6 Å². The molecule has 3 fully saturated rings. The average Bonchev–Trinajstić information content (AvgIpc) is 2.15. The van der Waals surface area contributed by atoms with Gasteiger partial charge in [0, 0.05) is 10.7 Å². The Balaban J connectivity index is 1.82. The van der Waals surface area contributed by atoms with Crippen molar-refractivity contribution in [2.24, 2.45) is 5.41 Å². The first-order valence-electron chi connectivity index (χ1n) is 5.72. The summed E-state index contributed by atoms with van der Waals surface area (Å²) in [4.78, 5) is 0. The van der Waals surface area contributed by atoms with E-state index in [4.69, 9.17) is 10.7 Å². The van der Waals surface area contributed by atoms with Crippen molar-refractivity contribution in [3.8, 4) is 0 Å². The third kappa shape index (κ3) is 1.96. The van der Waals surface area contributed by atoms with Crippen LogP contribution in [0.15, 0.2) is 12.1 Å². The molecule has 3 saturated carbocycles. The number of hydrogen-bond donors (Lipinski definition) is 0. The highest BCUT2D eigenvalue weighted by atomic mass is 35.7. The zero-order chi connectivity index (χ0) is 14.1. The first kappa shape index (κ1) is 13.2. The maximum absolute atomic E-state index is 13.2. The van der Waals surface area contributed by atoms with Gasteiger partial charge in [-0.2, -0.15) is 0 Å². The van der Waals surface area contributed by atoms with E-state index >= 15 is 0 Å². The predicted octanol–water partition coefficient (Wildman–Crippen LogP) is 3.09. The van der Waals surface area contributed by atoms with Crippen molar-refractivity contribution in [3.63, 3.8) is 0 Å². The predicted molar refractivity (Wildman–Crippen MR) is 63.9 cm³/mol. The van der Waals surface area contributed by atoms with Gasteiger partial charge in [-0.15, -0.1) is 0 Å². The van der Waals surface area contributed by atoms with Gasteiger partial charge in [0.25, 0.3) is 0 Å². The number of halogens is 4. The van der Waals surface area contributed by atoms with Crippen LogP contribution in [-0.4, -0.2) is 14.2 Å². The maximum atomic E-state index is 13.2. The zero-order valence-corrected chi connectivity index (χ0v) is 11.3. The highest BCUT2D eigenvalue weighted by Crippen LogP contribution is 2.74. The summed E-state index contributed by atoms with van der Waals surface area (Å²) in [6.07, 6.45) is 1.57. The molecule has 0 saturated heterocycles. The Labute approximate surface area is 113 Å². The number of rotatable bonds is 3. The Morgan fingerprint density at radius 3 is 2.00 bits per heavy atom. The second kappa shape index (κ2) is 3.67. The van der Waals surface area contributed by atoms with Gasteiger partial charge in [-0.05, 0) is 47.8 Å². The van der Waals surface area contributed by atoms with Crippen LogP contribution in [-0.2, 0) is 14.5 Å². The van der Waals surface area contributed by atoms with E-state index in [1.807, 2.05) is 0 Å². The highest BCUT2D eigenvalue weighted by Gasteiger charge is 2.69. The minimum atomic E-state index is -3.57. The quantitative estimate of drug-likeness (QED) is 0.635. The van der Waals surface area contributed by atoms with Crippen LogP contribution in [0.4, 0.5) is 13.2 Å². The molecule has 3 aliphatic rings. The molecule has 0 aliphatic heterocycles. The summed E-state index contributed by atoms with van der Waals surface area (Å²) in [6.45, 7) is 0. The number of hydrogen-bond acceptors (Lipinski definition) is 2. The Morgan fingerprint density at radius 2 is 1.58 bits per heavy atom. The Bertz CT molecular complexity index is 629. The van der Waals surface area contributed by atoms with Gasteiger partial charge in [-0.3, -0.25) is 0 Å². The van der Waals surface area contributed by atoms with Crippen molar-refractivity contribution < 1.29 is 21.6 Å². The summed E-state index contributed by atoms with van der Waals surface area (Å²) in [7, 11) is 1.65. The molecule has 1 aromatic rings. The summed E-state index contributed by atoms with van der Waals surface area (Å²) < 4.78 is 61.4. The van der Waals surface area contributed by atoms with E-state index in [1.54, 1.807) is 0 Å². The fraction of sp³-hybridized carbons (Fsp3) is 0.500. The zero-order valence-electron chi connectivity index (χ0n) is 9.72. The summed E-state index contributed by atoms with van der Waals surface area (Å²) in [5.74, 6) is -4.01. The monoisotopic (exact) mass is 310 g/mol. The lowest BCUT2D eigenvalue weighted by molar-refractivity contribution is -0.122. The van der Waals surface area contributed by atoms with Gasteiger partial charge >= 0.3 is 0 Å². The molecule has 0 unspecified atom stereocenters. The topological polar surface area (TPSA) is 34.1 Å². The van der Waals surface area contributed by atoms with Gasteiger partial charge in [0.15, 0.2) is 17.5 Å². The van der Waals surface area contributed by atoms with Crippen LogP contribution in [0.3, 0.4) is 0 Å². The minimum absolute atomic E-state index is 0.116. The fourth-order valence-corrected chi connectivity index (χ4v) is 5.42. The van der Waals surface area contributed by atoms with Crippen LogP contribution < -0.4 is 0 Å². The van der Waals surface area contributed by atoms with Crippen molar-refractivity contribution in [2.75, 3.05) is 5.75 Å². The lowest BCUT2D eigenvalue weighted by Crippen LogP contribution is -2.66. The van der Waals surface area contributed by atoms with Crippen molar-refractivity contribution in [3.05, 3.63) is 35.1 Å². The molecule has 2 bridgehead atoms. The molecule has 7 heteroatoms. The van der Waals surface area contributed by atoms with E-state index in [0.717, 1.165) is 12.1 Å². The van der Waals surface area contributed by atoms with Gasteiger partial charge in [0.1, 0.15) is 0 Å². The molecule has 0 aromatic heterocycles. The second-order valence-corrected chi connectivity index (χ2v) is 8.52. The summed E-state index contributed by atoms with van der Waals surface area (Å²) in [6, 6.07) is 1.99. The normalized spacial score (nSPS) is 32.6. The first-order valence-corrected chi connectivity index (χ1v) is 8.20. The smallest absolute Gasteiger partial charge is 0.212 e. The average molecular weight is 311 g/mol. The Morgan fingerprint density at radius 1 is 1.11 bits per heavy atom. The van der Waals surface area contributed by atoms with Crippen LogP contribution in [0.25, 0.3) is 0 Å². The highest BCUT2D eigenvalue weighted by molar-refractivity contribution is 8.13.